The molecule has 0 amide bonds. The zero-order valence-electron chi connectivity index (χ0n) is 10.6. The van der Waals surface area contributed by atoms with Gasteiger partial charge in [0.15, 0.2) is 0 Å². The highest BCUT2D eigenvalue weighted by Crippen LogP contribution is 1.92. The van der Waals surface area contributed by atoms with Gasteiger partial charge in [-0.2, -0.15) is 0 Å². The number of rotatable bonds is 9. The second kappa shape index (κ2) is 9.57. The summed E-state index contributed by atoms with van der Waals surface area (Å²) < 4.78 is 15.5. The van der Waals surface area contributed by atoms with Crippen molar-refractivity contribution in [3.63, 3.8) is 0 Å². The molecule has 0 saturated heterocycles. The zero-order valence-corrected chi connectivity index (χ0v) is 10.6. The van der Waals surface area contributed by atoms with Crippen molar-refractivity contribution in [3.8, 4) is 0 Å². The minimum absolute atomic E-state index is 0.203. The van der Waals surface area contributed by atoms with Gasteiger partial charge in [0.2, 0.25) is 0 Å². The number of carbonyl (C=O) groups excluding carboxylic acids is 1. The molecule has 0 radical (unpaired) electrons. The third kappa shape index (κ3) is 7.62. The molecule has 0 rings (SSSR count). The van der Waals surface area contributed by atoms with Crippen LogP contribution in [0.4, 0.5) is 0 Å². The lowest BCUT2D eigenvalue weighted by atomic mass is 10.3. The van der Waals surface area contributed by atoms with Crippen LogP contribution < -0.4 is 5.32 Å². The maximum atomic E-state index is 11.4. The molecule has 0 aromatic carbocycles. The number of carbonyl (C=O) groups is 1. The van der Waals surface area contributed by atoms with E-state index in [1.165, 1.54) is 0 Å². The van der Waals surface area contributed by atoms with Gasteiger partial charge in [0.1, 0.15) is 6.04 Å². The Bertz CT molecular complexity index is 185. The van der Waals surface area contributed by atoms with Crippen LogP contribution in [0.1, 0.15) is 20.8 Å². The largest absolute Gasteiger partial charge is 0.465 e. The zero-order chi connectivity index (χ0) is 12.4. The summed E-state index contributed by atoms with van der Waals surface area (Å²) in [5, 5.41) is 2.85. The van der Waals surface area contributed by atoms with Crippen LogP contribution in [0.5, 0.6) is 0 Å². The number of hydrogen-bond donors (Lipinski definition) is 1. The minimum atomic E-state index is -0.404. The van der Waals surface area contributed by atoms with Crippen molar-refractivity contribution in [2.75, 3.05) is 33.5 Å². The molecule has 5 nitrogen and oxygen atoms in total. The van der Waals surface area contributed by atoms with Crippen LogP contribution in [0.15, 0.2) is 0 Å². The van der Waals surface area contributed by atoms with Crippen molar-refractivity contribution in [2.45, 2.75) is 32.9 Å². The molecule has 0 aliphatic rings. The van der Waals surface area contributed by atoms with E-state index < -0.39 is 6.04 Å². The molecular weight excluding hydrogens is 210 g/mol. The molecule has 0 aromatic heterocycles. The van der Waals surface area contributed by atoms with Crippen LogP contribution in [0.2, 0.25) is 0 Å². The van der Waals surface area contributed by atoms with E-state index in [-0.39, 0.29) is 12.1 Å². The summed E-state index contributed by atoms with van der Waals surface area (Å²) in [7, 11) is 1.70. The van der Waals surface area contributed by atoms with E-state index in [1.807, 2.05) is 13.8 Å². The summed E-state index contributed by atoms with van der Waals surface area (Å²) in [5.41, 5.74) is 0. The molecule has 0 heterocycles. The molecule has 0 aromatic rings. The second-order valence-corrected chi connectivity index (χ2v) is 3.59. The Morgan fingerprint density at radius 2 is 2.00 bits per heavy atom. The lowest BCUT2D eigenvalue weighted by molar-refractivity contribution is -0.147. The van der Waals surface area contributed by atoms with Crippen molar-refractivity contribution < 1.29 is 19.0 Å². The van der Waals surface area contributed by atoms with Crippen LogP contribution in [-0.4, -0.2) is 51.6 Å². The van der Waals surface area contributed by atoms with E-state index in [0.717, 1.165) is 0 Å². The number of ether oxygens (including phenoxy) is 3. The Labute approximate surface area is 97.4 Å². The SMILES string of the molecule is CCOC(=O)C(COCCOC(C)C)NC. The monoisotopic (exact) mass is 233 g/mol. The van der Waals surface area contributed by atoms with Crippen molar-refractivity contribution in [2.24, 2.45) is 0 Å². The Balaban J connectivity index is 3.59. The van der Waals surface area contributed by atoms with Gasteiger partial charge in [0, 0.05) is 0 Å². The molecule has 0 aliphatic carbocycles. The first-order chi connectivity index (χ1) is 7.61. The summed E-state index contributed by atoms with van der Waals surface area (Å²) in [6, 6.07) is -0.404. The fraction of sp³-hybridized carbons (Fsp3) is 0.909. The third-order valence-electron chi connectivity index (χ3n) is 1.88. The maximum Gasteiger partial charge on any atom is 0.325 e. The fourth-order valence-electron chi connectivity index (χ4n) is 1.06. The first-order valence-corrected chi connectivity index (χ1v) is 5.65. The van der Waals surface area contributed by atoms with E-state index in [1.54, 1.807) is 14.0 Å². The van der Waals surface area contributed by atoms with E-state index >= 15 is 0 Å². The molecular formula is C11H23NO4. The van der Waals surface area contributed by atoms with Crippen LogP contribution in [0.3, 0.4) is 0 Å². The lowest BCUT2D eigenvalue weighted by Crippen LogP contribution is -2.39. The topological polar surface area (TPSA) is 56.8 Å². The molecule has 0 fully saturated rings. The number of nitrogens with one attached hydrogen (secondary N) is 1. The van der Waals surface area contributed by atoms with Gasteiger partial charge >= 0.3 is 5.97 Å². The Morgan fingerprint density at radius 1 is 1.31 bits per heavy atom. The summed E-state index contributed by atoms with van der Waals surface area (Å²) in [5.74, 6) is -0.283. The van der Waals surface area contributed by atoms with Crippen molar-refractivity contribution in [1.29, 1.82) is 0 Å². The van der Waals surface area contributed by atoms with E-state index in [4.69, 9.17) is 14.2 Å². The van der Waals surface area contributed by atoms with Gasteiger partial charge in [-0.1, -0.05) is 0 Å². The maximum absolute atomic E-state index is 11.4. The molecule has 1 unspecified atom stereocenters. The molecule has 16 heavy (non-hydrogen) atoms. The molecule has 0 saturated carbocycles. The van der Waals surface area contributed by atoms with E-state index in [2.05, 4.69) is 5.32 Å². The molecule has 0 aliphatic heterocycles. The Kier molecular flexibility index (Phi) is 9.18. The molecule has 1 atom stereocenters. The summed E-state index contributed by atoms with van der Waals surface area (Å²) in [6.45, 7) is 7.42. The van der Waals surface area contributed by atoms with E-state index in [9.17, 15) is 4.79 Å². The average Bonchev–Trinajstić information content (AvgIpc) is 2.23. The van der Waals surface area contributed by atoms with E-state index in [0.29, 0.717) is 26.4 Å². The first-order valence-electron chi connectivity index (χ1n) is 5.65. The second-order valence-electron chi connectivity index (χ2n) is 3.59. The van der Waals surface area contributed by atoms with Gasteiger partial charge in [-0.15, -0.1) is 0 Å². The predicted molar refractivity (Wildman–Crippen MR) is 61.4 cm³/mol. The first kappa shape index (κ1) is 15.3. The lowest BCUT2D eigenvalue weighted by Gasteiger charge is -2.15. The van der Waals surface area contributed by atoms with Gasteiger partial charge in [-0.3, -0.25) is 4.79 Å². The molecule has 0 bridgehead atoms. The Morgan fingerprint density at radius 3 is 2.50 bits per heavy atom. The number of esters is 1. The average molecular weight is 233 g/mol. The smallest absolute Gasteiger partial charge is 0.325 e. The van der Waals surface area contributed by atoms with Crippen molar-refractivity contribution >= 4 is 5.97 Å². The number of likely N-dealkylation sites (N-methyl/N-ethyl adjacent to an activating group) is 1. The van der Waals surface area contributed by atoms with Crippen LogP contribution >= 0.6 is 0 Å². The Hall–Kier alpha value is -0.650. The van der Waals surface area contributed by atoms with Crippen LogP contribution in [-0.2, 0) is 19.0 Å². The minimum Gasteiger partial charge on any atom is -0.465 e. The standard InChI is InChI=1S/C11H23NO4/c1-5-15-11(13)10(12-4)8-14-6-7-16-9(2)3/h9-10,12H,5-8H2,1-4H3. The van der Waals surface area contributed by atoms with Gasteiger partial charge in [0.05, 0.1) is 32.5 Å². The van der Waals surface area contributed by atoms with Crippen LogP contribution in [0, 0.1) is 0 Å². The quantitative estimate of drug-likeness (QED) is 0.466. The van der Waals surface area contributed by atoms with Gasteiger partial charge in [-0.05, 0) is 27.8 Å². The number of hydrogen-bond acceptors (Lipinski definition) is 5. The summed E-state index contributed by atoms with van der Waals surface area (Å²) >= 11 is 0. The highest BCUT2D eigenvalue weighted by molar-refractivity contribution is 5.75. The van der Waals surface area contributed by atoms with Gasteiger partial charge < -0.3 is 19.5 Å². The van der Waals surface area contributed by atoms with Crippen LogP contribution in [0.25, 0.3) is 0 Å². The van der Waals surface area contributed by atoms with Crippen molar-refractivity contribution in [1.82, 2.24) is 5.32 Å². The highest BCUT2D eigenvalue weighted by atomic mass is 16.5. The van der Waals surface area contributed by atoms with Gasteiger partial charge in [0.25, 0.3) is 0 Å². The molecule has 1 N–H and O–H groups in total. The highest BCUT2D eigenvalue weighted by Gasteiger charge is 2.17. The molecule has 96 valence electrons. The third-order valence-corrected chi connectivity index (χ3v) is 1.88. The van der Waals surface area contributed by atoms with Gasteiger partial charge in [-0.25, -0.2) is 0 Å². The normalized spacial score (nSPS) is 12.8. The predicted octanol–water partition coefficient (Wildman–Crippen LogP) is 0.579. The summed E-state index contributed by atoms with van der Waals surface area (Å²) in [6.07, 6.45) is 0.203. The molecule has 0 spiro atoms. The van der Waals surface area contributed by atoms with Crippen molar-refractivity contribution in [3.05, 3.63) is 0 Å². The summed E-state index contributed by atoms with van der Waals surface area (Å²) in [4.78, 5) is 11.4. The fourth-order valence-corrected chi connectivity index (χ4v) is 1.06. The molecule has 5 heteroatoms.